The molecule has 0 radical (unpaired) electrons. The lowest BCUT2D eigenvalue weighted by atomic mass is 10.0. The maximum absolute atomic E-state index is 13.1. The molecule has 19 heavy (non-hydrogen) atoms. The standard InChI is InChI=1S/C16H18FNS/c1-12-6-3-4-9-15(12)16(18-2)11-19-14-8-5-7-13(17)10-14/h3-10,16,18H,11H2,1-2H3. The van der Waals surface area contributed by atoms with Crippen LogP contribution in [0.25, 0.3) is 0 Å². The van der Waals surface area contributed by atoms with Crippen LogP contribution in [0, 0.1) is 12.7 Å². The van der Waals surface area contributed by atoms with E-state index in [1.165, 1.54) is 17.2 Å². The highest BCUT2D eigenvalue weighted by atomic mass is 32.2. The molecule has 0 aliphatic carbocycles. The molecule has 100 valence electrons. The molecule has 1 unspecified atom stereocenters. The first-order valence-electron chi connectivity index (χ1n) is 6.32. The normalized spacial score (nSPS) is 12.4. The van der Waals surface area contributed by atoms with Crippen molar-refractivity contribution < 1.29 is 4.39 Å². The van der Waals surface area contributed by atoms with Gasteiger partial charge in [0, 0.05) is 16.7 Å². The molecular formula is C16H18FNS. The van der Waals surface area contributed by atoms with Crippen LogP contribution in [0.15, 0.2) is 53.4 Å². The lowest BCUT2D eigenvalue weighted by Crippen LogP contribution is -2.19. The molecule has 0 saturated heterocycles. The van der Waals surface area contributed by atoms with Crippen LogP contribution in [-0.2, 0) is 0 Å². The van der Waals surface area contributed by atoms with Crippen LogP contribution < -0.4 is 5.32 Å². The van der Waals surface area contributed by atoms with Gasteiger partial charge in [0.25, 0.3) is 0 Å². The van der Waals surface area contributed by atoms with Gasteiger partial charge in [0.05, 0.1) is 0 Å². The van der Waals surface area contributed by atoms with Crippen molar-refractivity contribution in [2.24, 2.45) is 0 Å². The molecule has 0 aliphatic rings. The van der Waals surface area contributed by atoms with E-state index in [-0.39, 0.29) is 11.9 Å². The third-order valence-corrected chi connectivity index (χ3v) is 4.21. The van der Waals surface area contributed by atoms with Crippen LogP contribution in [0.3, 0.4) is 0 Å². The summed E-state index contributed by atoms with van der Waals surface area (Å²) in [5, 5.41) is 3.33. The van der Waals surface area contributed by atoms with Crippen LogP contribution in [-0.4, -0.2) is 12.8 Å². The molecule has 0 bridgehead atoms. The van der Waals surface area contributed by atoms with Crippen molar-refractivity contribution in [2.45, 2.75) is 17.9 Å². The van der Waals surface area contributed by atoms with Gasteiger partial charge >= 0.3 is 0 Å². The Bertz CT molecular complexity index is 542. The van der Waals surface area contributed by atoms with Gasteiger partial charge < -0.3 is 5.32 Å². The maximum atomic E-state index is 13.1. The molecule has 0 aliphatic heterocycles. The fourth-order valence-corrected chi connectivity index (χ4v) is 3.12. The van der Waals surface area contributed by atoms with Crippen molar-refractivity contribution in [3.63, 3.8) is 0 Å². The Balaban J connectivity index is 2.06. The zero-order valence-electron chi connectivity index (χ0n) is 11.2. The summed E-state index contributed by atoms with van der Waals surface area (Å²) in [4.78, 5) is 0.967. The summed E-state index contributed by atoms with van der Waals surface area (Å²) in [6.07, 6.45) is 0. The fourth-order valence-electron chi connectivity index (χ4n) is 2.04. The summed E-state index contributed by atoms with van der Waals surface area (Å²) in [6.45, 7) is 2.12. The van der Waals surface area contributed by atoms with Gasteiger partial charge in [-0.25, -0.2) is 4.39 Å². The monoisotopic (exact) mass is 275 g/mol. The Labute approximate surface area is 118 Å². The van der Waals surface area contributed by atoms with E-state index in [1.54, 1.807) is 23.9 Å². The van der Waals surface area contributed by atoms with E-state index in [1.807, 2.05) is 19.2 Å². The van der Waals surface area contributed by atoms with Crippen LogP contribution in [0.2, 0.25) is 0 Å². The van der Waals surface area contributed by atoms with Gasteiger partial charge in [-0.05, 0) is 43.3 Å². The first kappa shape index (κ1) is 14.1. The Hall–Kier alpha value is -1.32. The van der Waals surface area contributed by atoms with E-state index in [4.69, 9.17) is 0 Å². The van der Waals surface area contributed by atoms with Crippen LogP contribution in [0.4, 0.5) is 4.39 Å². The molecule has 1 atom stereocenters. The largest absolute Gasteiger partial charge is 0.312 e. The molecule has 2 rings (SSSR count). The van der Waals surface area contributed by atoms with Crippen molar-refractivity contribution in [1.29, 1.82) is 0 Å². The quantitative estimate of drug-likeness (QED) is 0.821. The molecule has 2 aromatic rings. The molecule has 0 amide bonds. The van der Waals surface area contributed by atoms with Crippen molar-refractivity contribution in [3.05, 3.63) is 65.5 Å². The van der Waals surface area contributed by atoms with Gasteiger partial charge in [0.15, 0.2) is 0 Å². The maximum Gasteiger partial charge on any atom is 0.124 e. The highest BCUT2D eigenvalue weighted by Crippen LogP contribution is 2.26. The van der Waals surface area contributed by atoms with Gasteiger partial charge in [0.1, 0.15) is 5.82 Å². The molecule has 3 heteroatoms. The van der Waals surface area contributed by atoms with E-state index in [0.29, 0.717) is 0 Å². The predicted molar refractivity (Wildman–Crippen MR) is 80.1 cm³/mol. The number of benzene rings is 2. The second-order valence-corrected chi connectivity index (χ2v) is 5.56. The fraction of sp³-hybridized carbons (Fsp3) is 0.250. The summed E-state index contributed by atoms with van der Waals surface area (Å²) in [6, 6.07) is 15.4. The van der Waals surface area contributed by atoms with Crippen molar-refractivity contribution in [2.75, 3.05) is 12.8 Å². The lowest BCUT2D eigenvalue weighted by Gasteiger charge is -2.18. The Morgan fingerprint density at radius 2 is 1.95 bits per heavy atom. The summed E-state index contributed by atoms with van der Waals surface area (Å²) in [7, 11) is 1.96. The average molecular weight is 275 g/mol. The Morgan fingerprint density at radius 1 is 1.16 bits per heavy atom. The van der Waals surface area contributed by atoms with Crippen LogP contribution in [0.1, 0.15) is 17.2 Å². The van der Waals surface area contributed by atoms with Crippen LogP contribution in [0.5, 0.6) is 0 Å². The predicted octanol–water partition coefficient (Wildman–Crippen LogP) is 4.19. The molecule has 0 aromatic heterocycles. The van der Waals surface area contributed by atoms with E-state index in [9.17, 15) is 4.39 Å². The summed E-state index contributed by atoms with van der Waals surface area (Å²) in [5.41, 5.74) is 2.58. The molecule has 1 nitrogen and oxygen atoms in total. The number of aryl methyl sites for hydroxylation is 1. The van der Waals surface area contributed by atoms with E-state index < -0.39 is 0 Å². The number of halogens is 1. The molecular weight excluding hydrogens is 257 g/mol. The molecule has 0 heterocycles. The SMILES string of the molecule is CNC(CSc1cccc(F)c1)c1ccccc1C. The van der Waals surface area contributed by atoms with Crippen molar-refractivity contribution in [3.8, 4) is 0 Å². The minimum Gasteiger partial charge on any atom is -0.312 e. The third kappa shape index (κ3) is 3.82. The van der Waals surface area contributed by atoms with Crippen LogP contribution >= 0.6 is 11.8 Å². The zero-order chi connectivity index (χ0) is 13.7. The average Bonchev–Trinajstić information content (AvgIpc) is 2.41. The van der Waals surface area contributed by atoms with Gasteiger partial charge in [-0.2, -0.15) is 0 Å². The highest BCUT2D eigenvalue weighted by molar-refractivity contribution is 7.99. The van der Waals surface area contributed by atoms with Gasteiger partial charge in [-0.3, -0.25) is 0 Å². The topological polar surface area (TPSA) is 12.0 Å². The first-order chi connectivity index (χ1) is 9.20. The smallest absolute Gasteiger partial charge is 0.124 e. The number of thioether (sulfide) groups is 1. The summed E-state index contributed by atoms with van der Waals surface area (Å²) >= 11 is 1.67. The van der Waals surface area contributed by atoms with Gasteiger partial charge in [-0.15, -0.1) is 11.8 Å². The summed E-state index contributed by atoms with van der Waals surface area (Å²) in [5.74, 6) is 0.701. The number of hydrogen-bond acceptors (Lipinski definition) is 2. The van der Waals surface area contributed by atoms with Crippen molar-refractivity contribution in [1.82, 2.24) is 5.32 Å². The first-order valence-corrected chi connectivity index (χ1v) is 7.30. The van der Waals surface area contributed by atoms with E-state index >= 15 is 0 Å². The second-order valence-electron chi connectivity index (χ2n) is 4.47. The lowest BCUT2D eigenvalue weighted by molar-refractivity contribution is 0.624. The number of hydrogen-bond donors (Lipinski definition) is 1. The van der Waals surface area contributed by atoms with Gasteiger partial charge in [0.2, 0.25) is 0 Å². The molecule has 0 spiro atoms. The molecule has 2 aromatic carbocycles. The minimum absolute atomic E-state index is 0.179. The molecule has 1 N–H and O–H groups in total. The minimum atomic E-state index is -0.179. The Kier molecular flexibility index (Phi) is 5.00. The van der Waals surface area contributed by atoms with E-state index in [0.717, 1.165) is 10.6 Å². The number of rotatable bonds is 5. The third-order valence-electron chi connectivity index (χ3n) is 3.13. The highest BCUT2D eigenvalue weighted by Gasteiger charge is 2.11. The summed E-state index contributed by atoms with van der Waals surface area (Å²) < 4.78 is 13.1. The van der Waals surface area contributed by atoms with Gasteiger partial charge in [-0.1, -0.05) is 30.3 Å². The zero-order valence-corrected chi connectivity index (χ0v) is 12.0. The van der Waals surface area contributed by atoms with Crippen molar-refractivity contribution >= 4 is 11.8 Å². The van der Waals surface area contributed by atoms with E-state index in [2.05, 4.69) is 30.4 Å². The number of nitrogens with one attached hydrogen (secondary N) is 1. The Morgan fingerprint density at radius 3 is 2.63 bits per heavy atom. The second kappa shape index (κ2) is 6.73. The molecule has 0 saturated carbocycles. The molecule has 0 fully saturated rings.